The number of fused-ring (bicyclic) bond motifs is 5. The average Bonchev–Trinajstić information content (AvgIpc) is 2.76. The van der Waals surface area contributed by atoms with Crippen LogP contribution in [-0.4, -0.2) is 17.0 Å². The van der Waals surface area contributed by atoms with E-state index in [1.165, 1.54) is 25.7 Å². The van der Waals surface area contributed by atoms with Crippen molar-refractivity contribution in [3.63, 3.8) is 0 Å². The molecule has 0 aromatic heterocycles. The maximum absolute atomic E-state index is 12.4. The summed E-state index contributed by atoms with van der Waals surface area (Å²) in [4.78, 5) is 12.4. The molecular weight excluding hydrogens is 260 g/mol. The van der Waals surface area contributed by atoms with Gasteiger partial charge in [0.1, 0.15) is 5.78 Å². The van der Waals surface area contributed by atoms with E-state index in [-0.39, 0.29) is 11.5 Å². The predicted octanol–water partition coefficient (Wildman–Crippen LogP) is 3.96. The number of carbonyl (C=O) groups is 1. The Labute approximate surface area is 128 Å². The summed E-state index contributed by atoms with van der Waals surface area (Å²) >= 11 is 0. The summed E-state index contributed by atoms with van der Waals surface area (Å²) in [7, 11) is 0. The second kappa shape index (κ2) is 4.57. The summed E-state index contributed by atoms with van der Waals surface area (Å²) in [5.74, 6) is 3.54. The Balaban J connectivity index is 1.64. The SMILES string of the molecule is C[C@]12CCC(O)C[C@H]1CC[C@@H]1[C@@H]2CC[C@]2(C)C(=O)CC[C@@H]12. The third-order valence-electron chi connectivity index (χ3n) is 8.35. The van der Waals surface area contributed by atoms with Gasteiger partial charge in [-0.3, -0.25) is 4.79 Å². The van der Waals surface area contributed by atoms with Crippen LogP contribution in [0.15, 0.2) is 0 Å². The summed E-state index contributed by atoms with van der Waals surface area (Å²) in [5.41, 5.74) is 0.452. The maximum Gasteiger partial charge on any atom is 0.139 e. The molecule has 2 heteroatoms. The topological polar surface area (TPSA) is 37.3 Å². The summed E-state index contributed by atoms with van der Waals surface area (Å²) in [6.45, 7) is 4.78. The van der Waals surface area contributed by atoms with Crippen molar-refractivity contribution in [1.29, 1.82) is 0 Å². The van der Waals surface area contributed by atoms with Crippen LogP contribution in [0.4, 0.5) is 0 Å². The van der Waals surface area contributed by atoms with Gasteiger partial charge in [0.25, 0.3) is 0 Å². The molecule has 4 fully saturated rings. The van der Waals surface area contributed by atoms with Gasteiger partial charge in [-0.1, -0.05) is 13.8 Å². The van der Waals surface area contributed by atoms with Gasteiger partial charge in [-0.2, -0.15) is 0 Å². The maximum atomic E-state index is 12.4. The van der Waals surface area contributed by atoms with Gasteiger partial charge in [-0.15, -0.1) is 0 Å². The van der Waals surface area contributed by atoms with Crippen molar-refractivity contribution in [2.45, 2.75) is 77.7 Å². The fourth-order valence-electron chi connectivity index (χ4n) is 7.01. The standard InChI is InChI=1S/C19H30O2/c1-18-9-7-13(20)11-12(18)3-4-14-15-5-6-17(21)19(15,2)10-8-16(14)18/h12-16,20H,3-11H2,1-2H3/t12-,13?,14+,15+,16+,18+,19+/m1/s1. The largest absolute Gasteiger partial charge is 0.393 e. The molecule has 4 rings (SSSR count). The lowest BCUT2D eigenvalue weighted by atomic mass is 9.45. The van der Waals surface area contributed by atoms with Crippen molar-refractivity contribution in [3.8, 4) is 0 Å². The Hall–Kier alpha value is -0.370. The number of rotatable bonds is 0. The Morgan fingerprint density at radius 2 is 1.81 bits per heavy atom. The Kier molecular flexibility index (Phi) is 3.10. The molecular formula is C19H30O2. The molecule has 4 aliphatic rings. The van der Waals surface area contributed by atoms with Crippen LogP contribution in [0.1, 0.15) is 71.6 Å². The number of hydrogen-bond acceptors (Lipinski definition) is 2. The first-order valence-corrected chi connectivity index (χ1v) is 9.16. The van der Waals surface area contributed by atoms with Crippen molar-refractivity contribution < 1.29 is 9.90 Å². The first-order chi connectivity index (χ1) is 9.95. The van der Waals surface area contributed by atoms with E-state index in [1.54, 1.807) is 0 Å². The molecule has 0 spiro atoms. The van der Waals surface area contributed by atoms with Gasteiger partial charge in [-0.25, -0.2) is 0 Å². The minimum Gasteiger partial charge on any atom is -0.393 e. The van der Waals surface area contributed by atoms with E-state index in [2.05, 4.69) is 13.8 Å². The van der Waals surface area contributed by atoms with Gasteiger partial charge < -0.3 is 5.11 Å². The third kappa shape index (κ3) is 1.84. The molecule has 0 radical (unpaired) electrons. The number of aliphatic hydroxyl groups excluding tert-OH is 1. The zero-order valence-electron chi connectivity index (χ0n) is 13.6. The molecule has 0 aliphatic heterocycles. The van der Waals surface area contributed by atoms with Crippen LogP contribution in [0, 0.1) is 34.5 Å². The van der Waals surface area contributed by atoms with E-state index >= 15 is 0 Å². The molecule has 0 amide bonds. The lowest BCUT2D eigenvalue weighted by molar-refractivity contribution is -0.142. The zero-order valence-corrected chi connectivity index (χ0v) is 13.6. The quantitative estimate of drug-likeness (QED) is 0.733. The highest BCUT2D eigenvalue weighted by Crippen LogP contribution is 2.65. The van der Waals surface area contributed by atoms with Crippen LogP contribution in [0.5, 0.6) is 0 Å². The lowest BCUT2D eigenvalue weighted by Gasteiger charge is -2.60. The van der Waals surface area contributed by atoms with E-state index < -0.39 is 0 Å². The second-order valence-corrected chi connectivity index (χ2v) is 9.00. The van der Waals surface area contributed by atoms with Crippen LogP contribution >= 0.6 is 0 Å². The van der Waals surface area contributed by atoms with Gasteiger partial charge in [0.15, 0.2) is 0 Å². The summed E-state index contributed by atoms with van der Waals surface area (Å²) in [5, 5.41) is 10.0. The smallest absolute Gasteiger partial charge is 0.139 e. The second-order valence-electron chi connectivity index (χ2n) is 9.00. The van der Waals surface area contributed by atoms with Crippen LogP contribution in [0.2, 0.25) is 0 Å². The van der Waals surface area contributed by atoms with E-state index in [0.29, 0.717) is 17.1 Å². The molecule has 0 saturated heterocycles. The van der Waals surface area contributed by atoms with E-state index in [1.807, 2.05) is 0 Å². The van der Waals surface area contributed by atoms with Crippen LogP contribution in [0.3, 0.4) is 0 Å². The van der Waals surface area contributed by atoms with Gasteiger partial charge >= 0.3 is 0 Å². The van der Waals surface area contributed by atoms with Gasteiger partial charge in [0.2, 0.25) is 0 Å². The fraction of sp³-hybridized carbons (Fsp3) is 0.947. The monoisotopic (exact) mass is 290 g/mol. The highest BCUT2D eigenvalue weighted by molar-refractivity contribution is 5.87. The number of ketones is 1. The lowest BCUT2D eigenvalue weighted by Crippen LogP contribution is -2.54. The molecule has 118 valence electrons. The van der Waals surface area contributed by atoms with Gasteiger partial charge in [-0.05, 0) is 80.5 Å². The molecule has 2 nitrogen and oxygen atoms in total. The van der Waals surface area contributed by atoms with Crippen molar-refractivity contribution in [1.82, 2.24) is 0 Å². The first kappa shape index (κ1) is 14.2. The number of hydrogen-bond donors (Lipinski definition) is 1. The molecule has 21 heavy (non-hydrogen) atoms. The number of Topliss-reactive ketones (excluding diaryl/α,β-unsaturated/α-hetero) is 1. The Bertz CT molecular complexity index is 458. The molecule has 0 aromatic rings. The average molecular weight is 290 g/mol. The molecule has 0 heterocycles. The fourth-order valence-corrected chi connectivity index (χ4v) is 7.01. The summed E-state index contributed by atoms with van der Waals surface area (Å²) in [6.07, 6.45) is 10.1. The van der Waals surface area contributed by atoms with Crippen molar-refractivity contribution >= 4 is 5.78 Å². The van der Waals surface area contributed by atoms with Crippen molar-refractivity contribution in [2.24, 2.45) is 34.5 Å². The molecule has 0 bridgehead atoms. The number of carbonyl (C=O) groups excluding carboxylic acids is 1. The Morgan fingerprint density at radius 3 is 2.62 bits per heavy atom. The third-order valence-corrected chi connectivity index (χ3v) is 8.35. The minimum atomic E-state index is -0.0541. The van der Waals surface area contributed by atoms with Crippen LogP contribution in [-0.2, 0) is 4.79 Å². The first-order valence-electron chi connectivity index (χ1n) is 9.16. The molecule has 0 aromatic carbocycles. The molecule has 4 aliphatic carbocycles. The molecule has 4 saturated carbocycles. The van der Waals surface area contributed by atoms with E-state index in [0.717, 1.165) is 49.9 Å². The normalized spacial score (nSPS) is 56.5. The zero-order chi connectivity index (χ0) is 14.8. The van der Waals surface area contributed by atoms with Gasteiger partial charge in [0.05, 0.1) is 6.10 Å². The predicted molar refractivity (Wildman–Crippen MR) is 82.7 cm³/mol. The van der Waals surface area contributed by atoms with Gasteiger partial charge in [0, 0.05) is 11.8 Å². The van der Waals surface area contributed by atoms with Crippen LogP contribution < -0.4 is 0 Å². The molecule has 7 atom stereocenters. The Morgan fingerprint density at radius 1 is 1.00 bits per heavy atom. The van der Waals surface area contributed by atoms with Crippen LogP contribution in [0.25, 0.3) is 0 Å². The highest BCUT2D eigenvalue weighted by Gasteiger charge is 2.60. The summed E-state index contributed by atoms with van der Waals surface area (Å²) in [6, 6.07) is 0. The highest BCUT2D eigenvalue weighted by atomic mass is 16.3. The number of aliphatic hydroxyl groups is 1. The molecule has 1 N–H and O–H groups in total. The van der Waals surface area contributed by atoms with E-state index in [4.69, 9.17) is 0 Å². The molecule has 1 unspecified atom stereocenters. The summed E-state index contributed by atoms with van der Waals surface area (Å²) < 4.78 is 0. The minimum absolute atomic E-state index is 0.0124. The van der Waals surface area contributed by atoms with Crippen molar-refractivity contribution in [2.75, 3.05) is 0 Å². The van der Waals surface area contributed by atoms with Crippen molar-refractivity contribution in [3.05, 3.63) is 0 Å². The van der Waals surface area contributed by atoms with E-state index in [9.17, 15) is 9.90 Å².